The number of ether oxygens (including phenoxy) is 1. The molecule has 0 spiro atoms. The Hall–Kier alpha value is -1.31. The Morgan fingerprint density at radius 1 is 0.947 bits per heavy atom. The highest BCUT2D eigenvalue weighted by atomic mass is 16.5. The summed E-state index contributed by atoms with van der Waals surface area (Å²) in [6.07, 6.45) is 9.35. The first-order valence-electron chi connectivity index (χ1n) is 7.52. The van der Waals surface area contributed by atoms with Crippen LogP contribution in [0.2, 0.25) is 0 Å². The maximum atomic E-state index is 11.6. The van der Waals surface area contributed by atoms with E-state index in [0.29, 0.717) is 6.42 Å². The Bertz CT molecular complexity index is 332. The van der Waals surface area contributed by atoms with Gasteiger partial charge in [0.2, 0.25) is 0 Å². The molecule has 2 heteroatoms. The summed E-state index contributed by atoms with van der Waals surface area (Å²) in [4.78, 5) is 11.6. The molecule has 0 aliphatic heterocycles. The van der Waals surface area contributed by atoms with Crippen LogP contribution >= 0.6 is 0 Å². The fourth-order valence-electron chi connectivity index (χ4n) is 2.03. The SMILES string of the molecule is CCCCCCCCCC(=O)COc1ccccc1. The maximum absolute atomic E-state index is 11.6. The van der Waals surface area contributed by atoms with E-state index < -0.39 is 0 Å². The first kappa shape index (κ1) is 15.7. The summed E-state index contributed by atoms with van der Waals surface area (Å²) >= 11 is 0. The minimum atomic E-state index is 0.206. The van der Waals surface area contributed by atoms with Gasteiger partial charge >= 0.3 is 0 Å². The van der Waals surface area contributed by atoms with Gasteiger partial charge in [-0.25, -0.2) is 0 Å². The molecule has 0 atom stereocenters. The van der Waals surface area contributed by atoms with E-state index in [1.807, 2.05) is 30.3 Å². The van der Waals surface area contributed by atoms with Gasteiger partial charge in [-0.15, -0.1) is 0 Å². The first-order chi connectivity index (χ1) is 9.33. The van der Waals surface area contributed by atoms with Crippen molar-refractivity contribution < 1.29 is 9.53 Å². The highest BCUT2D eigenvalue weighted by Crippen LogP contribution is 2.10. The molecule has 1 rings (SSSR count). The number of hydrogen-bond acceptors (Lipinski definition) is 2. The van der Waals surface area contributed by atoms with Crippen molar-refractivity contribution in [2.45, 2.75) is 58.3 Å². The number of para-hydroxylation sites is 1. The number of unbranched alkanes of at least 4 members (excludes halogenated alkanes) is 6. The molecule has 0 heterocycles. The average Bonchev–Trinajstić information content (AvgIpc) is 2.45. The van der Waals surface area contributed by atoms with Crippen LogP contribution in [0, 0.1) is 0 Å². The molecular formula is C17H26O2. The minimum absolute atomic E-state index is 0.206. The number of ketones is 1. The second-order valence-electron chi connectivity index (χ2n) is 5.01. The molecule has 0 unspecified atom stereocenters. The average molecular weight is 262 g/mol. The monoisotopic (exact) mass is 262 g/mol. The third kappa shape index (κ3) is 8.41. The number of benzene rings is 1. The third-order valence-corrected chi connectivity index (χ3v) is 3.20. The van der Waals surface area contributed by atoms with Crippen molar-refractivity contribution in [1.29, 1.82) is 0 Å². The van der Waals surface area contributed by atoms with Crippen LogP contribution in [0.25, 0.3) is 0 Å². The van der Waals surface area contributed by atoms with Gasteiger partial charge in [0.05, 0.1) is 0 Å². The van der Waals surface area contributed by atoms with Crippen LogP contribution in [0.1, 0.15) is 58.3 Å². The number of hydrogen-bond donors (Lipinski definition) is 0. The van der Waals surface area contributed by atoms with Gasteiger partial charge in [0.15, 0.2) is 5.78 Å². The predicted molar refractivity (Wildman–Crippen MR) is 79.6 cm³/mol. The molecule has 0 saturated carbocycles. The summed E-state index contributed by atoms with van der Waals surface area (Å²) < 4.78 is 5.43. The summed E-state index contributed by atoms with van der Waals surface area (Å²) in [7, 11) is 0. The largest absolute Gasteiger partial charge is 0.486 e. The lowest BCUT2D eigenvalue weighted by atomic mass is 10.1. The van der Waals surface area contributed by atoms with Gasteiger partial charge in [0, 0.05) is 6.42 Å². The lowest BCUT2D eigenvalue weighted by Gasteiger charge is -2.05. The smallest absolute Gasteiger partial charge is 0.170 e. The predicted octanol–water partition coefficient (Wildman–Crippen LogP) is 4.78. The molecule has 0 saturated heterocycles. The van der Waals surface area contributed by atoms with Crippen molar-refractivity contribution >= 4 is 5.78 Å². The first-order valence-corrected chi connectivity index (χ1v) is 7.52. The Labute approximate surface area is 117 Å². The van der Waals surface area contributed by atoms with E-state index in [4.69, 9.17) is 4.74 Å². The Morgan fingerprint density at radius 3 is 2.26 bits per heavy atom. The molecule has 0 fully saturated rings. The fraction of sp³-hybridized carbons (Fsp3) is 0.588. The molecule has 0 aromatic heterocycles. The fourth-order valence-corrected chi connectivity index (χ4v) is 2.03. The molecule has 0 N–H and O–H groups in total. The van der Waals surface area contributed by atoms with Crippen LogP contribution in [0.5, 0.6) is 5.75 Å². The Kier molecular flexibility index (Phi) is 8.78. The topological polar surface area (TPSA) is 26.3 Å². The number of carbonyl (C=O) groups is 1. The van der Waals surface area contributed by atoms with Crippen molar-refractivity contribution in [2.24, 2.45) is 0 Å². The van der Waals surface area contributed by atoms with Gasteiger partial charge < -0.3 is 4.74 Å². The second-order valence-corrected chi connectivity index (χ2v) is 5.01. The minimum Gasteiger partial charge on any atom is -0.486 e. The van der Waals surface area contributed by atoms with Gasteiger partial charge in [-0.05, 0) is 18.6 Å². The van der Waals surface area contributed by atoms with Gasteiger partial charge in [-0.1, -0.05) is 63.6 Å². The molecule has 0 aliphatic rings. The standard InChI is InChI=1S/C17H26O2/c1-2-3-4-5-6-7-9-12-16(18)15-19-17-13-10-8-11-14-17/h8,10-11,13-14H,2-7,9,12,15H2,1H3. The molecule has 1 aromatic rings. The Morgan fingerprint density at radius 2 is 1.58 bits per heavy atom. The van der Waals surface area contributed by atoms with Crippen LogP contribution in [0.3, 0.4) is 0 Å². The summed E-state index contributed by atoms with van der Waals surface area (Å²) in [6, 6.07) is 9.52. The van der Waals surface area contributed by atoms with E-state index >= 15 is 0 Å². The van der Waals surface area contributed by atoms with E-state index in [1.54, 1.807) is 0 Å². The van der Waals surface area contributed by atoms with E-state index in [1.165, 1.54) is 38.5 Å². The molecule has 0 amide bonds. The van der Waals surface area contributed by atoms with Gasteiger partial charge in [-0.3, -0.25) is 4.79 Å². The molecule has 106 valence electrons. The normalized spacial score (nSPS) is 10.4. The van der Waals surface area contributed by atoms with E-state index in [2.05, 4.69) is 6.92 Å². The maximum Gasteiger partial charge on any atom is 0.170 e. The quantitative estimate of drug-likeness (QED) is 0.537. The molecular weight excluding hydrogens is 236 g/mol. The van der Waals surface area contributed by atoms with Crippen molar-refractivity contribution in [1.82, 2.24) is 0 Å². The Balaban J connectivity index is 1.96. The molecule has 0 radical (unpaired) electrons. The zero-order chi connectivity index (χ0) is 13.8. The summed E-state index contributed by atoms with van der Waals surface area (Å²) in [5.74, 6) is 0.979. The molecule has 1 aromatic carbocycles. The van der Waals surface area contributed by atoms with E-state index in [9.17, 15) is 4.79 Å². The third-order valence-electron chi connectivity index (χ3n) is 3.20. The molecule has 2 nitrogen and oxygen atoms in total. The highest BCUT2D eigenvalue weighted by Gasteiger charge is 2.02. The number of carbonyl (C=O) groups excluding carboxylic acids is 1. The molecule has 0 bridgehead atoms. The van der Waals surface area contributed by atoms with Crippen molar-refractivity contribution in [3.63, 3.8) is 0 Å². The summed E-state index contributed by atoms with van der Waals surface area (Å²) in [6.45, 7) is 2.44. The van der Waals surface area contributed by atoms with Crippen LogP contribution in [0.15, 0.2) is 30.3 Å². The van der Waals surface area contributed by atoms with Crippen molar-refractivity contribution in [3.8, 4) is 5.75 Å². The second kappa shape index (κ2) is 10.6. The molecule has 19 heavy (non-hydrogen) atoms. The number of Topliss-reactive ketones (excluding diaryl/α,β-unsaturated/α-hetero) is 1. The highest BCUT2D eigenvalue weighted by molar-refractivity contribution is 5.79. The van der Waals surface area contributed by atoms with Crippen molar-refractivity contribution in [2.75, 3.05) is 6.61 Å². The number of rotatable bonds is 11. The van der Waals surface area contributed by atoms with Gasteiger partial charge in [0.25, 0.3) is 0 Å². The summed E-state index contributed by atoms with van der Waals surface area (Å²) in [5.41, 5.74) is 0. The summed E-state index contributed by atoms with van der Waals surface area (Å²) in [5, 5.41) is 0. The lowest BCUT2D eigenvalue weighted by molar-refractivity contribution is -0.121. The van der Waals surface area contributed by atoms with Crippen LogP contribution in [-0.2, 0) is 4.79 Å². The van der Waals surface area contributed by atoms with Crippen LogP contribution in [0.4, 0.5) is 0 Å². The zero-order valence-corrected chi connectivity index (χ0v) is 12.1. The molecule has 0 aliphatic carbocycles. The van der Waals surface area contributed by atoms with Crippen LogP contribution < -0.4 is 4.74 Å². The zero-order valence-electron chi connectivity index (χ0n) is 12.1. The van der Waals surface area contributed by atoms with Crippen LogP contribution in [-0.4, -0.2) is 12.4 Å². The van der Waals surface area contributed by atoms with Crippen molar-refractivity contribution in [3.05, 3.63) is 30.3 Å². The van der Waals surface area contributed by atoms with E-state index in [-0.39, 0.29) is 12.4 Å². The van der Waals surface area contributed by atoms with Gasteiger partial charge in [-0.2, -0.15) is 0 Å². The lowest BCUT2D eigenvalue weighted by Crippen LogP contribution is -2.10. The van der Waals surface area contributed by atoms with E-state index in [0.717, 1.165) is 12.2 Å². The van der Waals surface area contributed by atoms with Gasteiger partial charge in [0.1, 0.15) is 12.4 Å².